The van der Waals surface area contributed by atoms with Gasteiger partial charge in [0.1, 0.15) is 0 Å². The molecule has 0 N–H and O–H groups in total. The molecule has 8 heavy (non-hydrogen) atoms. The van der Waals surface area contributed by atoms with Crippen molar-refractivity contribution in [2.24, 2.45) is 5.41 Å². The normalized spacial score (nSPS) is 10.5. The largest absolute Gasteiger partial charge is 2.00 e. The van der Waals surface area contributed by atoms with E-state index in [2.05, 4.69) is 27.7 Å². The molecule has 0 heterocycles. The van der Waals surface area contributed by atoms with Crippen LogP contribution in [0.1, 0.15) is 26.7 Å². The van der Waals surface area contributed by atoms with Crippen molar-refractivity contribution in [3.8, 4) is 0 Å². The van der Waals surface area contributed by atoms with Gasteiger partial charge in [0.05, 0.1) is 0 Å². The van der Waals surface area contributed by atoms with Gasteiger partial charge in [-0.1, -0.05) is 19.3 Å². The summed E-state index contributed by atoms with van der Waals surface area (Å²) in [4.78, 5) is 0. The Kier molecular flexibility index (Phi) is 6.54. The van der Waals surface area contributed by atoms with E-state index in [0.29, 0.717) is 5.41 Å². The second kappa shape index (κ2) is 4.56. The van der Waals surface area contributed by atoms with Crippen LogP contribution < -0.4 is 0 Å². The third-order valence-electron chi connectivity index (χ3n) is 1.35. The molecule has 0 amide bonds. The average molecular weight is 282 g/mol. The van der Waals surface area contributed by atoms with Crippen molar-refractivity contribution in [3.05, 3.63) is 13.8 Å². The average Bonchev–Trinajstić information content (AvgIpc) is 1.68. The van der Waals surface area contributed by atoms with Crippen molar-refractivity contribution in [3.63, 3.8) is 0 Å². The molecule has 0 nitrogen and oxygen atoms in total. The molecule has 0 aliphatic carbocycles. The van der Waals surface area contributed by atoms with Gasteiger partial charge >= 0.3 is 21.1 Å². The molecule has 0 saturated carbocycles. The number of hydrogen-bond donors (Lipinski definition) is 0. The second-order valence-corrected chi connectivity index (χ2v) is 2.66. The number of hydrogen-bond acceptors (Lipinski definition) is 0. The summed E-state index contributed by atoms with van der Waals surface area (Å²) in [5.74, 6) is 0. The summed E-state index contributed by atoms with van der Waals surface area (Å²) in [7, 11) is 0. The zero-order valence-electron chi connectivity index (χ0n) is 5.74. The minimum absolute atomic E-state index is 0. The molecule has 0 unspecified atom stereocenters. The van der Waals surface area contributed by atoms with Crippen LogP contribution in [0.2, 0.25) is 0 Å². The first-order valence-electron chi connectivity index (χ1n) is 2.71. The van der Waals surface area contributed by atoms with Crippen LogP contribution in [-0.4, -0.2) is 0 Å². The van der Waals surface area contributed by atoms with Gasteiger partial charge in [0.15, 0.2) is 0 Å². The molecule has 0 bridgehead atoms. The Morgan fingerprint density at radius 3 is 1.38 bits per heavy atom. The molecule has 0 aromatic rings. The predicted molar refractivity (Wildman–Crippen MR) is 33.7 cm³/mol. The zero-order valence-corrected chi connectivity index (χ0v) is 8.67. The summed E-state index contributed by atoms with van der Waals surface area (Å²) in [6.07, 6.45) is 1.97. The topological polar surface area (TPSA) is 0 Å². The third-order valence-corrected chi connectivity index (χ3v) is 1.35. The Morgan fingerprint density at radius 1 is 1.12 bits per heavy atom. The SMILES string of the molecule is [CH2-]CC(C)(C)C[CH2-].[W+2]. The fourth-order valence-electron chi connectivity index (χ4n) is 0.125. The van der Waals surface area contributed by atoms with Crippen LogP contribution in [-0.2, 0) is 21.1 Å². The minimum Gasteiger partial charge on any atom is -0.343 e. The van der Waals surface area contributed by atoms with E-state index in [-0.39, 0.29) is 21.1 Å². The first kappa shape index (κ1) is 11.5. The number of rotatable bonds is 2. The quantitative estimate of drug-likeness (QED) is 0.682. The first-order chi connectivity index (χ1) is 3.12. The van der Waals surface area contributed by atoms with E-state index in [1.807, 2.05) is 0 Å². The smallest absolute Gasteiger partial charge is 0.343 e. The van der Waals surface area contributed by atoms with Crippen LogP contribution in [0.4, 0.5) is 0 Å². The maximum atomic E-state index is 3.79. The van der Waals surface area contributed by atoms with Crippen LogP contribution in [0.15, 0.2) is 0 Å². The van der Waals surface area contributed by atoms with Gasteiger partial charge in [0, 0.05) is 0 Å². The van der Waals surface area contributed by atoms with Crippen LogP contribution in [0.3, 0.4) is 0 Å². The Morgan fingerprint density at radius 2 is 1.38 bits per heavy atom. The van der Waals surface area contributed by atoms with E-state index in [4.69, 9.17) is 0 Å². The molecule has 0 atom stereocenters. The summed E-state index contributed by atoms with van der Waals surface area (Å²) in [6, 6.07) is 0. The minimum atomic E-state index is 0. The van der Waals surface area contributed by atoms with Gasteiger partial charge in [-0.2, -0.15) is 12.8 Å². The van der Waals surface area contributed by atoms with Gasteiger partial charge in [-0.3, -0.25) is 0 Å². The van der Waals surface area contributed by atoms with E-state index >= 15 is 0 Å². The van der Waals surface area contributed by atoms with E-state index in [1.54, 1.807) is 0 Å². The van der Waals surface area contributed by atoms with Crippen molar-refractivity contribution in [1.29, 1.82) is 0 Å². The van der Waals surface area contributed by atoms with Crippen LogP contribution in [0.25, 0.3) is 0 Å². The summed E-state index contributed by atoms with van der Waals surface area (Å²) >= 11 is 0. The summed E-state index contributed by atoms with van der Waals surface area (Å²) < 4.78 is 0. The van der Waals surface area contributed by atoms with Crippen molar-refractivity contribution in [1.82, 2.24) is 0 Å². The Bertz CT molecular complexity index is 42.3. The molecule has 1 heteroatoms. The molecule has 0 spiro atoms. The first-order valence-corrected chi connectivity index (χ1v) is 2.71. The Labute approximate surface area is 67.3 Å². The summed E-state index contributed by atoms with van der Waals surface area (Å²) in [5.41, 5.74) is 0.361. The van der Waals surface area contributed by atoms with Crippen molar-refractivity contribution in [2.45, 2.75) is 26.7 Å². The molecule has 0 fully saturated rings. The fraction of sp³-hybridized carbons (Fsp3) is 0.714. The molecule has 0 rings (SSSR count). The maximum Gasteiger partial charge on any atom is 2.00 e. The van der Waals surface area contributed by atoms with Gasteiger partial charge in [-0.25, -0.2) is 0 Å². The molecule has 0 aliphatic heterocycles. The third kappa shape index (κ3) is 4.84. The molecule has 0 saturated heterocycles. The molecule has 0 aliphatic rings. The molecule has 0 radical (unpaired) electrons. The van der Waals surface area contributed by atoms with Crippen LogP contribution in [0, 0.1) is 19.3 Å². The summed E-state index contributed by atoms with van der Waals surface area (Å²) in [6.45, 7) is 11.9. The standard InChI is InChI=1S/C7H14.W/c1-5-7(3,4)6-2;/h1-2,5-6H2,3-4H3;/q-2;+2. The van der Waals surface area contributed by atoms with E-state index < -0.39 is 0 Å². The van der Waals surface area contributed by atoms with Crippen molar-refractivity contribution in [2.75, 3.05) is 0 Å². The Balaban J connectivity index is 0. The van der Waals surface area contributed by atoms with E-state index in [0.717, 1.165) is 12.8 Å². The molecular formula is C7H14W. The van der Waals surface area contributed by atoms with Gasteiger partial charge in [-0.05, 0) is 0 Å². The second-order valence-electron chi connectivity index (χ2n) is 2.66. The van der Waals surface area contributed by atoms with Crippen LogP contribution >= 0.6 is 0 Å². The maximum absolute atomic E-state index is 3.79. The van der Waals surface area contributed by atoms with Gasteiger partial charge in [-0.15, -0.1) is 0 Å². The molecule has 0 aromatic heterocycles. The zero-order chi connectivity index (χ0) is 5.91. The van der Waals surface area contributed by atoms with E-state index in [9.17, 15) is 0 Å². The van der Waals surface area contributed by atoms with Gasteiger partial charge in [0.25, 0.3) is 0 Å². The fourth-order valence-corrected chi connectivity index (χ4v) is 0.125. The van der Waals surface area contributed by atoms with Crippen molar-refractivity contribution >= 4 is 0 Å². The molecule has 0 aromatic carbocycles. The predicted octanol–water partition coefficient (Wildman–Crippen LogP) is 2.46. The summed E-state index contributed by atoms with van der Waals surface area (Å²) in [5, 5.41) is 0. The molecule has 48 valence electrons. The van der Waals surface area contributed by atoms with E-state index in [1.165, 1.54) is 0 Å². The molecular weight excluding hydrogens is 268 g/mol. The Hall–Kier alpha value is 0.688. The van der Waals surface area contributed by atoms with Crippen LogP contribution in [0.5, 0.6) is 0 Å². The monoisotopic (exact) mass is 282 g/mol. The van der Waals surface area contributed by atoms with Crippen molar-refractivity contribution < 1.29 is 21.1 Å². The van der Waals surface area contributed by atoms with Gasteiger partial charge < -0.3 is 13.8 Å². The van der Waals surface area contributed by atoms with Gasteiger partial charge in [0.2, 0.25) is 0 Å².